The Bertz CT molecular complexity index is 356. The van der Waals surface area contributed by atoms with Crippen LogP contribution in [-0.2, 0) is 0 Å². The quantitative estimate of drug-likeness (QED) is 0.756. The summed E-state index contributed by atoms with van der Waals surface area (Å²) < 4.78 is 0. The zero-order valence-electron chi connectivity index (χ0n) is 9.42. The summed E-state index contributed by atoms with van der Waals surface area (Å²) in [5.74, 6) is 2.28. The second-order valence-electron chi connectivity index (χ2n) is 4.61. The first-order chi connectivity index (χ1) is 7.18. The van der Waals surface area contributed by atoms with Gasteiger partial charge in [0, 0.05) is 12.8 Å². The van der Waals surface area contributed by atoms with Crippen molar-refractivity contribution in [3.63, 3.8) is 0 Å². The van der Waals surface area contributed by atoms with Gasteiger partial charge in [-0.2, -0.15) is 0 Å². The molecular weight excluding hydrogens is 188 g/mol. The number of carbonyl (C=O) groups is 1. The predicted octanol–water partition coefficient (Wildman–Crippen LogP) is 2.91. The summed E-state index contributed by atoms with van der Waals surface area (Å²) in [4.78, 5) is 18.6. The van der Waals surface area contributed by atoms with Crippen molar-refractivity contribution in [2.75, 3.05) is 0 Å². The fraction of sp³-hybridized carbons (Fsp3) is 0.667. The molecule has 15 heavy (non-hydrogen) atoms. The minimum atomic E-state index is 0.0669. The van der Waals surface area contributed by atoms with Crippen molar-refractivity contribution in [1.29, 1.82) is 0 Å². The van der Waals surface area contributed by atoms with E-state index in [2.05, 4.69) is 16.9 Å². The van der Waals surface area contributed by atoms with Crippen molar-refractivity contribution in [1.82, 2.24) is 9.97 Å². The van der Waals surface area contributed by atoms with E-state index in [0.717, 1.165) is 5.82 Å². The molecule has 1 aromatic rings. The summed E-state index contributed by atoms with van der Waals surface area (Å²) in [6.07, 6.45) is 6.76. The first-order valence-electron chi connectivity index (χ1n) is 5.74. The van der Waals surface area contributed by atoms with Crippen LogP contribution in [0.15, 0.2) is 6.20 Å². The maximum Gasteiger partial charge on any atom is 0.177 e. The van der Waals surface area contributed by atoms with Gasteiger partial charge in [-0.3, -0.25) is 4.79 Å². The maximum atomic E-state index is 11.2. The van der Waals surface area contributed by atoms with Crippen molar-refractivity contribution >= 4 is 5.78 Å². The van der Waals surface area contributed by atoms with E-state index in [1.165, 1.54) is 25.7 Å². The lowest BCUT2D eigenvalue weighted by atomic mass is 9.80. The smallest absolute Gasteiger partial charge is 0.177 e. The fourth-order valence-electron chi connectivity index (χ4n) is 2.43. The minimum Gasteiger partial charge on any atom is -0.339 e. The number of imidazole rings is 1. The number of aromatic amines is 1. The fourth-order valence-corrected chi connectivity index (χ4v) is 2.43. The molecule has 1 N–H and O–H groups in total. The largest absolute Gasteiger partial charge is 0.339 e. The summed E-state index contributed by atoms with van der Waals surface area (Å²) >= 11 is 0. The van der Waals surface area contributed by atoms with Crippen LogP contribution in [0, 0.1) is 5.92 Å². The molecule has 2 rings (SSSR count). The molecule has 0 aliphatic heterocycles. The molecule has 1 fully saturated rings. The molecule has 82 valence electrons. The molecule has 2 atom stereocenters. The van der Waals surface area contributed by atoms with Crippen LogP contribution in [-0.4, -0.2) is 15.8 Å². The second-order valence-corrected chi connectivity index (χ2v) is 4.61. The number of aromatic nitrogens is 2. The normalized spacial score (nSPS) is 26.5. The second kappa shape index (κ2) is 4.17. The topological polar surface area (TPSA) is 45.8 Å². The van der Waals surface area contributed by atoms with Crippen LogP contribution in [0.4, 0.5) is 0 Å². The van der Waals surface area contributed by atoms with Gasteiger partial charge >= 0.3 is 0 Å². The van der Waals surface area contributed by atoms with Gasteiger partial charge in [-0.05, 0) is 12.3 Å². The third-order valence-corrected chi connectivity index (χ3v) is 3.44. The van der Waals surface area contributed by atoms with Crippen molar-refractivity contribution in [2.24, 2.45) is 5.92 Å². The first-order valence-corrected chi connectivity index (χ1v) is 5.74. The highest BCUT2D eigenvalue weighted by Gasteiger charge is 2.25. The number of nitrogens with zero attached hydrogens (tertiary/aromatic N) is 1. The SMILES string of the molecule is CC(=O)c1cnc(C2CCCCC2C)[nH]1. The summed E-state index contributed by atoms with van der Waals surface area (Å²) in [6.45, 7) is 3.85. The third kappa shape index (κ3) is 2.11. The molecule has 0 bridgehead atoms. The molecule has 3 heteroatoms. The van der Waals surface area contributed by atoms with E-state index in [1.807, 2.05) is 0 Å². The molecule has 1 aliphatic carbocycles. The molecule has 2 unspecified atom stereocenters. The summed E-state index contributed by atoms with van der Waals surface area (Å²) in [6, 6.07) is 0. The molecule has 3 nitrogen and oxygen atoms in total. The molecule has 1 aromatic heterocycles. The highest BCUT2D eigenvalue weighted by molar-refractivity contribution is 5.91. The van der Waals surface area contributed by atoms with Gasteiger partial charge in [-0.15, -0.1) is 0 Å². The minimum absolute atomic E-state index is 0.0669. The van der Waals surface area contributed by atoms with Crippen LogP contribution < -0.4 is 0 Å². The van der Waals surface area contributed by atoms with Crippen LogP contribution in [0.2, 0.25) is 0 Å². The monoisotopic (exact) mass is 206 g/mol. The van der Waals surface area contributed by atoms with E-state index >= 15 is 0 Å². The molecule has 0 radical (unpaired) electrons. The van der Waals surface area contributed by atoms with E-state index in [4.69, 9.17) is 0 Å². The third-order valence-electron chi connectivity index (χ3n) is 3.44. The predicted molar refractivity (Wildman–Crippen MR) is 59.0 cm³/mol. The molecule has 1 aliphatic rings. The Kier molecular flexibility index (Phi) is 2.89. The van der Waals surface area contributed by atoms with Gasteiger partial charge in [0.15, 0.2) is 5.78 Å². The van der Waals surface area contributed by atoms with Crippen LogP contribution in [0.25, 0.3) is 0 Å². The standard InChI is InChI=1S/C12H18N2O/c1-8-5-3-4-6-10(8)12-13-7-11(14-12)9(2)15/h7-8,10H,3-6H2,1-2H3,(H,13,14). The van der Waals surface area contributed by atoms with Gasteiger partial charge in [-0.1, -0.05) is 26.2 Å². The number of H-pyrrole nitrogens is 1. The van der Waals surface area contributed by atoms with Crippen LogP contribution >= 0.6 is 0 Å². The van der Waals surface area contributed by atoms with Crippen LogP contribution in [0.5, 0.6) is 0 Å². The Balaban J connectivity index is 2.17. The number of rotatable bonds is 2. The molecule has 0 spiro atoms. The Labute approximate surface area is 90.3 Å². The van der Waals surface area contributed by atoms with Crippen molar-refractivity contribution < 1.29 is 4.79 Å². The average molecular weight is 206 g/mol. The van der Waals surface area contributed by atoms with Crippen LogP contribution in [0.3, 0.4) is 0 Å². The average Bonchev–Trinajstić information content (AvgIpc) is 2.67. The summed E-state index contributed by atoms with van der Waals surface area (Å²) in [5, 5.41) is 0. The molecule has 0 amide bonds. The first kappa shape index (κ1) is 10.4. The molecule has 0 aromatic carbocycles. The Hall–Kier alpha value is -1.12. The van der Waals surface area contributed by atoms with E-state index in [1.54, 1.807) is 13.1 Å². The lowest BCUT2D eigenvalue weighted by Crippen LogP contribution is -2.16. The Morgan fingerprint density at radius 3 is 2.80 bits per heavy atom. The number of Topliss-reactive ketones (excluding diaryl/α,β-unsaturated/α-hetero) is 1. The van der Waals surface area contributed by atoms with E-state index < -0.39 is 0 Å². The highest BCUT2D eigenvalue weighted by atomic mass is 16.1. The summed E-state index contributed by atoms with van der Waals surface area (Å²) in [7, 11) is 0. The molecule has 1 heterocycles. The highest BCUT2D eigenvalue weighted by Crippen LogP contribution is 2.35. The molecule has 0 saturated heterocycles. The van der Waals surface area contributed by atoms with E-state index in [9.17, 15) is 4.79 Å². The Morgan fingerprint density at radius 1 is 1.47 bits per heavy atom. The van der Waals surface area contributed by atoms with Crippen molar-refractivity contribution in [3.8, 4) is 0 Å². The van der Waals surface area contributed by atoms with E-state index in [0.29, 0.717) is 17.5 Å². The Morgan fingerprint density at radius 2 is 2.20 bits per heavy atom. The number of carbonyl (C=O) groups excluding carboxylic acids is 1. The van der Waals surface area contributed by atoms with Gasteiger partial charge in [-0.25, -0.2) is 4.98 Å². The molecule has 1 saturated carbocycles. The number of hydrogen-bond donors (Lipinski definition) is 1. The number of nitrogens with one attached hydrogen (secondary N) is 1. The number of hydrogen-bond acceptors (Lipinski definition) is 2. The van der Waals surface area contributed by atoms with Crippen LogP contribution in [0.1, 0.15) is 61.8 Å². The lowest BCUT2D eigenvalue weighted by molar-refractivity contribution is 0.101. The maximum absolute atomic E-state index is 11.2. The van der Waals surface area contributed by atoms with Gasteiger partial charge in [0.05, 0.1) is 6.20 Å². The van der Waals surface area contributed by atoms with Gasteiger partial charge in [0.25, 0.3) is 0 Å². The van der Waals surface area contributed by atoms with E-state index in [-0.39, 0.29) is 5.78 Å². The zero-order valence-corrected chi connectivity index (χ0v) is 9.42. The number of ketones is 1. The van der Waals surface area contributed by atoms with Gasteiger partial charge < -0.3 is 4.98 Å². The zero-order chi connectivity index (χ0) is 10.8. The van der Waals surface area contributed by atoms with Gasteiger partial charge in [0.2, 0.25) is 0 Å². The molecular formula is C12H18N2O. The van der Waals surface area contributed by atoms with Gasteiger partial charge in [0.1, 0.15) is 11.5 Å². The van der Waals surface area contributed by atoms with Crippen molar-refractivity contribution in [2.45, 2.75) is 45.4 Å². The summed E-state index contributed by atoms with van der Waals surface area (Å²) in [5.41, 5.74) is 0.641. The van der Waals surface area contributed by atoms with Crippen molar-refractivity contribution in [3.05, 3.63) is 17.7 Å². The lowest BCUT2D eigenvalue weighted by Gasteiger charge is -2.26.